The highest BCUT2D eigenvalue weighted by molar-refractivity contribution is 5.94. The Bertz CT molecular complexity index is 682. The lowest BCUT2D eigenvalue weighted by atomic mass is 10.2. The van der Waals surface area contributed by atoms with Crippen LogP contribution in [0.4, 0.5) is 10.1 Å². The number of carbonyl (C=O) groups excluding carboxylic acids is 1. The molecule has 6 heteroatoms. The van der Waals surface area contributed by atoms with Crippen LogP contribution in [0.3, 0.4) is 0 Å². The fourth-order valence-electron chi connectivity index (χ4n) is 1.68. The van der Waals surface area contributed by atoms with Crippen molar-refractivity contribution in [2.75, 3.05) is 5.43 Å². The molecule has 1 aromatic carbocycles. The molecule has 2 aromatic rings. The molecule has 0 unspecified atom stereocenters. The number of nitrogens with zero attached hydrogens (tertiary/aromatic N) is 1. The summed E-state index contributed by atoms with van der Waals surface area (Å²) in [7, 11) is 0. The molecule has 1 heterocycles. The predicted molar refractivity (Wildman–Crippen MR) is 73.9 cm³/mol. The Morgan fingerprint density at radius 3 is 2.80 bits per heavy atom. The highest BCUT2D eigenvalue weighted by Gasteiger charge is 2.06. The molecule has 20 heavy (non-hydrogen) atoms. The van der Waals surface area contributed by atoms with E-state index in [2.05, 4.69) is 10.9 Å². The van der Waals surface area contributed by atoms with Gasteiger partial charge in [-0.2, -0.15) is 0 Å². The van der Waals surface area contributed by atoms with Gasteiger partial charge in [0.1, 0.15) is 5.82 Å². The van der Waals surface area contributed by atoms with Crippen LogP contribution in [0.1, 0.15) is 17.3 Å². The van der Waals surface area contributed by atoms with Crippen LogP contribution in [0.5, 0.6) is 0 Å². The van der Waals surface area contributed by atoms with E-state index in [1.54, 1.807) is 6.07 Å². The van der Waals surface area contributed by atoms with Crippen LogP contribution in [0.2, 0.25) is 0 Å². The van der Waals surface area contributed by atoms with Crippen LogP contribution in [-0.2, 0) is 6.54 Å². The predicted octanol–water partition coefficient (Wildman–Crippen LogP) is 1.76. The van der Waals surface area contributed by atoms with Gasteiger partial charge in [-0.05, 0) is 31.2 Å². The fraction of sp³-hybridized carbons (Fsp3) is 0.143. The molecule has 0 aliphatic rings. The Morgan fingerprint density at radius 2 is 2.10 bits per heavy atom. The number of halogens is 1. The number of hydrazine groups is 1. The quantitative estimate of drug-likeness (QED) is 0.836. The number of hydrogen-bond donors (Lipinski definition) is 2. The van der Waals surface area contributed by atoms with Crippen molar-refractivity contribution in [2.24, 2.45) is 0 Å². The first kappa shape index (κ1) is 13.8. The largest absolute Gasteiger partial charge is 0.315 e. The van der Waals surface area contributed by atoms with Crippen LogP contribution in [0, 0.1) is 5.82 Å². The standard InChI is InChI=1S/C14H14FN3O2/c1-2-18-9-10(6-7-13(18)19)14(20)17-16-12-5-3-4-11(15)8-12/h3-9,16H,2H2,1H3,(H,17,20). The van der Waals surface area contributed by atoms with Crippen LogP contribution in [0.25, 0.3) is 0 Å². The Labute approximate surface area is 115 Å². The first-order chi connectivity index (χ1) is 9.60. The summed E-state index contributed by atoms with van der Waals surface area (Å²) in [6.07, 6.45) is 1.48. The monoisotopic (exact) mass is 275 g/mol. The molecule has 0 saturated heterocycles. The summed E-state index contributed by atoms with van der Waals surface area (Å²) < 4.78 is 14.4. The molecule has 2 rings (SSSR count). The van der Waals surface area contributed by atoms with Gasteiger partial charge in [0.15, 0.2) is 0 Å². The number of benzene rings is 1. The molecule has 0 bridgehead atoms. The summed E-state index contributed by atoms with van der Waals surface area (Å²) in [5, 5.41) is 0. The summed E-state index contributed by atoms with van der Waals surface area (Å²) in [6, 6.07) is 8.49. The normalized spacial score (nSPS) is 10.1. The zero-order chi connectivity index (χ0) is 14.5. The molecule has 1 amide bonds. The zero-order valence-electron chi connectivity index (χ0n) is 10.9. The maximum absolute atomic E-state index is 13.0. The molecule has 1 aromatic heterocycles. The minimum Gasteiger partial charge on any atom is -0.315 e. The first-order valence-electron chi connectivity index (χ1n) is 6.12. The van der Waals surface area contributed by atoms with Crippen LogP contribution >= 0.6 is 0 Å². The summed E-state index contributed by atoms with van der Waals surface area (Å²) in [6.45, 7) is 2.30. The average Bonchev–Trinajstić information content (AvgIpc) is 2.45. The van der Waals surface area contributed by atoms with Crippen LogP contribution < -0.4 is 16.4 Å². The Kier molecular flexibility index (Phi) is 4.14. The number of hydrogen-bond acceptors (Lipinski definition) is 3. The third-order valence-corrected chi connectivity index (χ3v) is 2.73. The molecule has 0 fully saturated rings. The minimum atomic E-state index is -0.406. The summed E-state index contributed by atoms with van der Waals surface area (Å²) in [5.74, 6) is -0.805. The third kappa shape index (κ3) is 3.23. The molecule has 0 spiro atoms. The number of aromatic nitrogens is 1. The number of nitrogens with one attached hydrogen (secondary N) is 2. The van der Waals surface area contributed by atoms with E-state index in [1.165, 1.54) is 41.1 Å². The second-order valence-corrected chi connectivity index (χ2v) is 4.13. The Hall–Kier alpha value is -2.63. The maximum atomic E-state index is 13.0. The van der Waals surface area contributed by atoms with E-state index in [9.17, 15) is 14.0 Å². The Morgan fingerprint density at radius 1 is 1.30 bits per heavy atom. The maximum Gasteiger partial charge on any atom is 0.271 e. The molecular formula is C14H14FN3O2. The van der Waals surface area contributed by atoms with Crippen molar-refractivity contribution < 1.29 is 9.18 Å². The number of anilines is 1. The average molecular weight is 275 g/mol. The topological polar surface area (TPSA) is 63.1 Å². The van der Waals surface area contributed by atoms with E-state index in [0.717, 1.165) is 0 Å². The number of carbonyl (C=O) groups is 1. The van der Waals surface area contributed by atoms with E-state index >= 15 is 0 Å². The van der Waals surface area contributed by atoms with Gasteiger partial charge in [-0.1, -0.05) is 6.07 Å². The second-order valence-electron chi connectivity index (χ2n) is 4.13. The van der Waals surface area contributed by atoms with Crippen molar-refractivity contribution in [3.05, 3.63) is 64.3 Å². The molecule has 0 aliphatic carbocycles. The van der Waals surface area contributed by atoms with E-state index in [4.69, 9.17) is 0 Å². The molecule has 104 valence electrons. The van der Waals surface area contributed by atoms with Crippen molar-refractivity contribution in [2.45, 2.75) is 13.5 Å². The van der Waals surface area contributed by atoms with Gasteiger partial charge in [-0.25, -0.2) is 4.39 Å². The molecule has 0 radical (unpaired) electrons. The highest BCUT2D eigenvalue weighted by atomic mass is 19.1. The van der Waals surface area contributed by atoms with E-state index in [0.29, 0.717) is 17.8 Å². The van der Waals surface area contributed by atoms with Crippen molar-refractivity contribution in [1.82, 2.24) is 9.99 Å². The zero-order valence-corrected chi connectivity index (χ0v) is 10.9. The van der Waals surface area contributed by atoms with Gasteiger partial charge in [0.25, 0.3) is 11.5 Å². The van der Waals surface area contributed by atoms with Gasteiger partial charge in [0.2, 0.25) is 0 Å². The third-order valence-electron chi connectivity index (χ3n) is 2.73. The van der Waals surface area contributed by atoms with Gasteiger partial charge in [-0.3, -0.25) is 20.4 Å². The second kappa shape index (κ2) is 6.01. The van der Waals surface area contributed by atoms with Crippen molar-refractivity contribution >= 4 is 11.6 Å². The molecule has 0 atom stereocenters. The Balaban J connectivity index is 2.07. The lowest BCUT2D eigenvalue weighted by Crippen LogP contribution is -2.30. The molecule has 0 saturated carbocycles. The molecule has 0 aliphatic heterocycles. The van der Waals surface area contributed by atoms with Gasteiger partial charge in [-0.15, -0.1) is 0 Å². The summed E-state index contributed by atoms with van der Waals surface area (Å²) >= 11 is 0. The first-order valence-corrected chi connectivity index (χ1v) is 6.12. The number of pyridine rings is 1. The lowest BCUT2D eigenvalue weighted by Gasteiger charge is -2.09. The summed E-state index contributed by atoms with van der Waals surface area (Å²) in [4.78, 5) is 23.3. The highest BCUT2D eigenvalue weighted by Crippen LogP contribution is 2.07. The van der Waals surface area contributed by atoms with Gasteiger partial charge >= 0.3 is 0 Å². The molecule has 2 N–H and O–H groups in total. The van der Waals surface area contributed by atoms with Crippen LogP contribution in [0.15, 0.2) is 47.4 Å². The fourth-order valence-corrected chi connectivity index (χ4v) is 1.68. The summed E-state index contributed by atoms with van der Waals surface area (Å²) in [5.41, 5.74) is 5.66. The van der Waals surface area contributed by atoms with E-state index < -0.39 is 11.7 Å². The van der Waals surface area contributed by atoms with Gasteiger partial charge in [0, 0.05) is 18.8 Å². The minimum absolute atomic E-state index is 0.165. The van der Waals surface area contributed by atoms with E-state index in [1.807, 2.05) is 6.92 Å². The van der Waals surface area contributed by atoms with Crippen molar-refractivity contribution in [3.63, 3.8) is 0 Å². The smallest absolute Gasteiger partial charge is 0.271 e. The van der Waals surface area contributed by atoms with Crippen LogP contribution in [-0.4, -0.2) is 10.5 Å². The molecule has 5 nitrogen and oxygen atoms in total. The van der Waals surface area contributed by atoms with Crippen molar-refractivity contribution in [3.8, 4) is 0 Å². The lowest BCUT2D eigenvalue weighted by molar-refractivity contribution is 0.0962. The van der Waals surface area contributed by atoms with Gasteiger partial charge < -0.3 is 4.57 Å². The van der Waals surface area contributed by atoms with Gasteiger partial charge in [0.05, 0.1) is 11.3 Å². The molecular weight excluding hydrogens is 261 g/mol. The number of aryl methyl sites for hydroxylation is 1. The number of rotatable bonds is 4. The van der Waals surface area contributed by atoms with E-state index in [-0.39, 0.29) is 5.56 Å². The SMILES string of the molecule is CCn1cc(C(=O)NNc2cccc(F)c2)ccc1=O. The van der Waals surface area contributed by atoms with Crippen molar-refractivity contribution in [1.29, 1.82) is 0 Å². The number of amides is 1.